The summed E-state index contributed by atoms with van der Waals surface area (Å²) in [5, 5.41) is 10.3. The molecule has 0 heterocycles. The molecule has 123 heavy (non-hydrogen) atoms. The first-order valence-corrected chi connectivity index (χ1v) is 43.5. The van der Waals surface area contributed by atoms with Crippen molar-refractivity contribution in [3.05, 3.63) is 373 Å². The molecule has 16 aromatic carbocycles. The van der Waals surface area contributed by atoms with E-state index in [4.69, 9.17) is 5.73 Å². The molecule has 0 radical (unpaired) electrons. The van der Waals surface area contributed by atoms with Crippen LogP contribution in [0.2, 0.25) is 0 Å². The monoisotopic (exact) mass is 1840 g/mol. The molecule has 2 N–H and O–H groups in total. The standard InChI is InChI=1S/C30H34N.C30H33N.C29H32N.C28H29N.2HI/c1-30(2,3)26-17-14-22(15-18-26)28-13-9-11-23-20-24(16-19-29(23)28)27-12-8-7-10-25(27)21-31(4,5)6;1-30(2,3)26-17-14-23(15-18-26)28-13-8-11-24-21-25(16-19-29(24)28)27-12-5-4-9-22(27)10-6-7-20-31;1-29(2,3)25-16-13-21(14-17-25)27-12-8-10-24-19-23(15-18-28(24)27)22-9-7-11-26(20-22)30(4,5)6;1-28(2,3)24-15-12-20(13-16-24)26-11-7-9-23-18-22(14-17-27(23)26)21-8-6-10-25(19-21)29(4)5;;/h7-20H,21H2,1-6H3;4-5,8-9,11-19,21H,6-7,10,20,31H2,1-3H3;7-20H,1-6H3;6-19H,1-5H3;2*1H/q+1;;+1;;;/p-2. The van der Waals surface area contributed by atoms with E-state index >= 15 is 0 Å². The van der Waals surface area contributed by atoms with Gasteiger partial charge in [-0.1, -0.05) is 374 Å². The Morgan fingerprint density at radius 1 is 0.260 bits per heavy atom. The minimum atomic E-state index is 0. The zero-order chi connectivity index (χ0) is 86.2. The molecule has 6 heteroatoms. The maximum absolute atomic E-state index is 5.70. The first-order chi connectivity index (χ1) is 57.5. The number of hydrogen-bond donors (Lipinski definition) is 1. The highest BCUT2D eigenvalue weighted by Crippen LogP contribution is 2.41. The van der Waals surface area contributed by atoms with Gasteiger partial charge in [-0.25, -0.2) is 0 Å². The number of nitrogens with zero attached hydrogens (tertiary/aromatic N) is 3. The van der Waals surface area contributed by atoms with Gasteiger partial charge in [-0.3, -0.25) is 4.48 Å². The van der Waals surface area contributed by atoms with E-state index in [9.17, 15) is 0 Å². The maximum Gasteiger partial charge on any atom is 0.132 e. The minimum absolute atomic E-state index is 0. The van der Waals surface area contributed by atoms with Gasteiger partial charge in [0.25, 0.3) is 0 Å². The highest BCUT2D eigenvalue weighted by molar-refractivity contribution is 6.03. The molecule has 0 fully saturated rings. The Kier molecular flexibility index (Phi) is 30.1. The van der Waals surface area contributed by atoms with Gasteiger partial charge in [-0.15, -0.1) is 0 Å². The predicted molar refractivity (Wildman–Crippen MR) is 532 cm³/mol. The molecule has 16 rings (SSSR count). The molecule has 4 nitrogen and oxygen atoms in total. The van der Waals surface area contributed by atoms with Crippen molar-refractivity contribution < 1.29 is 52.4 Å². The van der Waals surface area contributed by atoms with Crippen molar-refractivity contribution in [2.24, 2.45) is 5.73 Å². The van der Waals surface area contributed by atoms with Gasteiger partial charge in [0.15, 0.2) is 0 Å². The normalized spacial score (nSPS) is 11.8. The maximum atomic E-state index is 5.70. The zero-order valence-electron chi connectivity index (χ0n) is 76.5. The lowest BCUT2D eigenvalue weighted by molar-refractivity contribution is -0.883. The zero-order valence-corrected chi connectivity index (χ0v) is 80.9. The number of benzene rings is 16. The summed E-state index contributed by atoms with van der Waals surface area (Å²) in [5.41, 5.74) is 37.7. The number of fused-ring (bicyclic) bond motifs is 4. The molecule has 0 aromatic heterocycles. The third kappa shape index (κ3) is 23.4. The molecule has 0 saturated heterocycles. The average molecular weight is 1840 g/mol. The summed E-state index contributed by atoms with van der Waals surface area (Å²) in [6, 6.07) is 125. The first kappa shape index (κ1) is 93.4. The molecular weight excluding hydrogens is 1720 g/mol. The number of rotatable bonds is 16. The van der Waals surface area contributed by atoms with Crippen molar-refractivity contribution in [2.75, 3.05) is 67.8 Å². The molecular formula is C117H128I2N4. The molecule has 0 aliphatic heterocycles. The van der Waals surface area contributed by atoms with Gasteiger partial charge < -0.3 is 63.1 Å². The minimum Gasteiger partial charge on any atom is -1.00 e. The predicted octanol–water partition coefficient (Wildman–Crippen LogP) is 24.6. The number of aryl methyl sites for hydroxylation is 1. The van der Waals surface area contributed by atoms with Crippen molar-refractivity contribution in [3.8, 4) is 89.0 Å². The Balaban J connectivity index is 0.000000159. The van der Waals surface area contributed by atoms with Crippen LogP contribution < -0.4 is 63.1 Å². The fourth-order valence-corrected chi connectivity index (χ4v) is 16.4. The molecule has 630 valence electrons. The summed E-state index contributed by atoms with van der Waals surface area (Å²) in [4.78, 5) is 2.14. The van der Waals surface area contributed by atoms with Crippen LogP contribution in [0.25, 0.3) is 132 Å². The largest absolute Gasteiger partial charge is 1.00 e. The summed E-state index contributed by atoms with van der Waals surface area (Å²) < 4.78 is 1.73. The molecule has 0 atom stereocenters. The topological polar surface area (TPSA) is 29.3 Å². The average Bonchev–Trinajstić information content (AvgIpc) is 0.793. The Morgan fingerprint density at radius 3 is 0.878 bits per heavy atom. The summed E-state index contributed by atoms with van der Waals surface area (Å²) in [6.07, 6.45) is 3.28. The van der Waals surface area contributed by atoms with E-state index in [2.05, 4.69) is 484 Å². The van der Waals surface area contributed by atoms with E-state index in [1.807, 2.05) is 0 Å². The molecule has 0 aliphatic carbocycles. The van der Waals surface area contributed by atoms with E-state index in [0.29, 0.717) is 0 Å². The van der Waals surface area contributed by atoms with Gasteiger partial charge in [-0.05, 0) is 250 Å². The van der Waals surface area contributed by atoms with E-state index < -0.39 is 0 Å². The number of quaternary nitrogens is 2. The van der Waals surface area contributed by atoms with Crippen LogP contribution in [0.3, 0.4) is 0 Å². The second-order valence-electron chi connectivity index (χ2n) is 39.3. The Morgan fingerprint density at radius 2 is 0.545 bits per heavy atom. The van der Waals surface area contributed by atoms with Crippen LogP contribution in [0.5, 0.6) is 0 Å². The summed E-state index contributed by atoms with van der Waals surface area (Å²) in [6.45, 7) is 28.9. The van der Waals surface area contributed by atoms with Crippen molar-refractivity contribution in [1.82, 2.24) is 4.48 Å². The first-order valence-electron chi connectivity index (χ1n) is 43.5. The van der Waals surface area contributed by atoms with Crippen LogP contribution >= 0.6 is 0 Å². The van der Waals surface area contributed by atoms with Gasteiger partial charge >= 0.3 is 0 Å². The van der Waals surface area contributed by atoms with Crippen LogP contribution in [-0.2, 0) is 34.6 Å². The summed E-state index contributed by atoms with van der Waals surface area (Å²) in [5.74, 6) is 0. The number of unbranched alkanes of at least 4 members (excludes halogenated alkanes) is 1. The molecule has 0 spiro atoms. The Hall–Kier alpha value is -10.3. The van der Waals surface area contributed by atoms with Crippen LogP contribution in [0.4, 0.5) is 11.4 Å². The van der Waals surface area contributed by atoms with Gasteiger partial charge in [0.05, 0.1) is 42.3 Å². The highest BCUT2D eigenvalue weighted by Gasteiger charge is 2.22. The molecule has 0 unspecified atom stereocenters. The van der Waals surface area contributed by atoms with E-state index in [0.717, 1.165) is 41.3 Å². The number of hydrogen-bond acceptors (Lipinski definition) is 2. The summed E-state index contributed by atoms with van der Waals surface area (Å²) >= 11 is 0. The number of anilines is 1. The third-order valence-electron chi connectivity index (χ3n) is 23.6. The van der Waals surface area contributed by atoms with Gasteiger partial charge in [0, 0.05) is 31.4 Å². The van der Waals surface area contributed by atoms with Crippen molar-refractivity contribution >= 4 is 54.5 Å². The third-order valence-corrected chi connectivity index (χ3v) is 23.6. The Bertz CT molecular complexity index is 6250. The molecule has 0 amide bonds. The SMILES string of the molecule is CC(C)(C)c1ccc(-c2cccc3cc(-c4cccc([N+](C)(C)C)c4)ccc23)cc1.CC(C)(C)c1ccc(-c2cccc3cc(-c4ccccc4CCCCN)ccc23)cc1.CC(C)(C)c1ccc(-c2cccc3cc(-c4ccccc4C[N+](C)(C)C)ccc23)cc1.CN(C)c1cccc(-c2ccc3c(-c4ccc(C(C)(C)C)cc4)cccc3c2)c1.[I-].[I-]. The Labute approximate surface area is 771 Å². The van der Waals surface area contributed by atoms with Gasteiger partial charge in [0.2, 0.25) is 0 Å². The second kappa shape index (κ2) is 39.7. The second-order valence-corrected chi connectivity index (χ2v) is 39.3. The van der Waals surface area contributed by atoms with Crippen LogP contribution in [0, 0.1) is 0 Å². The lowest BCUT2D eigenvalue weighted by atomic mass is 9.86. The molecule has 0 bridgehead atoms. The van der Waals surface area contributed by atoms with Crippen molar-refractivity contribution in [3.63, 3.8) is 0 Å². The quantitative estimate of drug-likeness (QED) is 0.0593. The van der Waals surface area contributed by atoms with Crippen LogP contribution in [-0.4, -0.2) is 67.4 Å². The smallest absolute Gasteiger partial charge is 0.132 e. The molecule has 0 aliphatic rings. The van der Waals surface area contributed by atoms with E-state index in [1.165, 1.54) is 177 Å². The summed E-state index contributed by atoms with van der Waals surface area (Å²) in [7, 11) is 17.5. The van der Waals surface area contributed by atoms with Crippen molar-refractivity contribution in [2.45, 2.75) is 131 Å². The van der Waals surface area contributed by atoms with Crippen LogP contribution in [0.1, 0.15) is 129 Å². The fourth-order valence-electron chi connectivity index (χ4n) is 16.4. The molecule has 0 saturated carbocycles. The number of halogens is 2. The lowest BCUT2D eigenvalue weighted by Gasteiger charge is -2.25. The molecule has 16 aromatic rings. The highest BCUT2D eigenvalue weighted by atomic mass is 127. The van der Waals surface area contributed by atoms with Crippen molar-refractivity contribution in [1.29, 1.82) is 0 Å². The number of nitrogens with two attached hydrogens (primary N) is 1. The van der Waals surface area contributed by atoms with Gasteiger partial charge in [0.1, 0.15) is 12.2 Å². The van der Waals surface area contributed by atoms with Gasteiger partial charge in [-0.2, -0.15) is 0 Å². The van der Waals surface area contributed by atoms with E-state index in [1.54, 1.807) is 0 Å². The fraction of sp³-hybridized carbons (Fsp3) is 0.248. The van der Waals surface area contributed by atoms with E-state index in [-0.39, 0.29) is 69.6 Å². The lowest BCUT2D eigenvalue weighted by Crippen LogP contribution is -3.00. The van der Waals surface area contributed by atoms with Crippen LogP contribution in [0.15, 0.2) is 340 Å².